The van der Waals surface area contributed by atoms with Crippen molar-refractivity contribution in [1.82, 2.24) is 14.5 Å². The standard InChI is InChI=1S/C20H17N3/c1-15-22-19-8-5-13-21-20(19)23(15)14-16-9-11-18(12-10-16)17-6-3-2-4-7-17/h2-13H,14H2,1H3/i6D. The van der Waals surface area contributed by atoms with Crippen molar-refractivity contribution < 1.29 is 1.37 Å². The van der Waals surface area contributed by atoms with Gasteiger partial charge in [0, 0.05) is 6.20 Å². The van der Waals surface area contributed by atoms with Crippen LogP contribution in [-0.4, -0.2) is 14.5 Å². The number of hydrogen-bond donors (Lipinski definition) is 0. The molecule has 0 radical (unpaired) electrons. The van der Waals surface area contributed by atoms with Crippen LogP contribution in [0.5, 0.6) is 0 Å². The molecule has 0 aliphatic heterocycles. The first-order valence-corrected chi connectivity index (χ1v) is 7.65. The zero-order chi connectivity index (χ0) is 16.5. The van der Waals surface area contributed by atoms with E-state index < -0.39 is 0 Å². The predicted octanol–water partition coefficient (Wildman–Crippen LogP) is 4.46. The number of fused-ring (bicyclic) bond motifs is 1. The Morgan fingerprint density at radius 2 is 1.83 bits per heavy atom. The Balaban J connectivity index is 1.66. The van der Waals surface area contributed by atoms with Crippen LogP contribution in [0.15, 0.2) is 72.9 Å². The molecule has 0 N–H and O–H groups in total. The molecule has 3 nitrogen and oxygen atoms in total. The molecular formula is C20H17N3. The van der Waals surface area contributed by atoms with Crippen LogP contribution in [0, 0.1) is 6.92 Å². The smallest absolute Gasteiger partial charge is 0.160 e. The van der Waals surface area contributed by atoms with Crippen LogP contribution in [0.3, 0.4) is 0 Å². The summed E-state index contributed by atoms with van der Waals surface area (Å²) in [5.74, 6) is 0.962. The third kappa shape index (κ3) is 2.61. The summed E-state index contributed by atoms with van der Waals surface area (Å²) >= 11 is 0. The molecule has 2 aromatic carbocycles. The Hall–Kier alpha value is -2.94. The van der Waals surface area contributed by atoms with Crippen LogP contribution in [0.25, 0.3) is 22.3 Å². The van der Waals surface area contributed by atoms with E-state index >= 15 is 0 Å². The second-order valence-corrected chi connectivity index (χ2v) is 5.56. The van der Waals surface area contributed by atoms with Crippen molar-refractivity contribution in [3.05, 3.63) is 84.3 Å². The Bertz CT molecular complexity index is 1000. The number of aryl methyl sites for hydroxylation is 1. The van der Waals surface area contributed by atoms with Gasteiger partial charge in [-0.15, -0.1) is 0 Å². The molecule has 0 saturated heterocycles. The van der Waals surface area contributed by atoms with E-state index in [1.807, 2.05) is 43.3 Å². The van der Waals surface area contributed by atoms with E-state index in [-0.39, 0.29) is 0 Å². The molecule has 0 saturated carbocycles. The Labute approximate surface area is 136 Å². The molecule has 112 valence electrons. The van der Waals surface area contributed by atoms with Gasteiger partial charge in [0.05, 0.1) is 7.92 Å². The highest BCUT2D eigenvalue weighted by atomic mass is 15.1. The quantitative estimate of drug-likeness (QED) is 0.559. The summed E-state index contributed by atoms with van der Waals surface area (Å²) in [6.45, 7) is 2.74. The molecule has 0 unspecified atom stereocenters. The van der Waals surface area contributed by atoms with Gasteiger partial charge in [0.15, 0.2) is 5.65 Å². The van der Waals surface area contributed by atoms with Gasteiger partial charge in [0.2, 0.25) is 0 Å². The van der Waals surface area contributed by atoms with Crippen LogP contribution < -0.4 is 0 Å². The van der Waals surface area contributed by atoms with E-state index in [1.165, 1.54) is 5.56 Å². The molecule has 0 amide bonds. The minimum absolute atomic E-state index is 0.547. The van der Waals surface area contributed by atoms with Gasteiger partial charge in [0.1, 0.15) is 11.3 Å². The number of aromatic nitrogens is 3. The number of rotatable bonds is 3. The highest BCUT2D eigenvalue weighted by Gasteiger charge is 2.08. The summed E-state index contributed by atoms with van der Waals surface area (Å²) in [6, 6.07) is 20.5. The van der Waals surface area contributed by atoms with Crippen LogP contribution in [-0.2, 0) is 6.54 Å². The lowest BCUT2D eigenvalue weighted by Crippen LogP contribution is -2.02. The van der Waals surface area contributed by atoms with E-state index in [2.05, 4.69) is 38.8 Å². The number of benzene rings is 2. The van der Waals surface area contributed by atoms with Crippen molar-refractivity contribution in [3.63, 3.8) is 0 Å². The first-order valence-electron chi connectivity index (χ1n) is 8.15. The molecule has 4 rings (SSSR count). The van der Waals surface area contributed by atoms with E-state index in [1.54, 1.807) is 6.20 Å². The topological polar surface area (TPSA) is 30.7 Å². The van der Waals surface area contributed by atoms with Gasteiger partial charge >= 0.3 is 0 Å². The number of pyridine rings is 1. The number of hydrogen-bond acceptors (Lipinski definition) is 2. The molecule has 3 heteroatoms. The first-order chi connectivity index (χ1) is 11.7. The summed E-state index contributed by atoms with van der Waals surface area (Å²) in [4.78, 5) is 9.01. The molecule has 2 aromatic heterocycles. The maximum atomic E-state index is 8.02. The van der Waals surface area contributed by atoms with Crippen molar-refractivity contribution in [1.29, 1.82) is 0 Å². The van der Waals surface area contributed by atoms with Crippen LogP contribution in [0.2, 0.25) is 0 Å². The maximum Gasteiger partial charge on any atom is 0.160 e. The molecular weight excluding hydrogens is 282 g/mol. The third-order valence-corrected chi connectivity index (χ3v) is 4.01. The minimum atomic E-state index is 0.547. The normalized spacial score (nSPS) is 11.6. The molecule has 0 bridgehead atoms. The fraction of sp³-hybridized carbons (Fsp3) is 0.100. The van der Waals surface area contributed by atoms with Crippen LogP contribution in [0.1, 0.15) is 12.8 Å². The Morgan fingerprint density at radius 3 is 2.65 bits per heavy atom. The summed E-state index contributed by atoms with van der Waals surface area (Å²) in [6.07, 6.45) is 1.80. The van der Waals surface area contributed by atoms with Crippen molar-refractivity contribution in [2.45, 2.75) is 13.5 Å². The lowest BCUT2D eigenvalue weighted by molar-refractivity contribution is 0.777. The first kappa shape index (κ1) is 12.6. The zero-order valence-electron chi connectivity index (χ0n) is 13.9. The van der Waals surface area contributed by atoms with Gasteiger partial charge in [0.25, 0.3) is 0 Å². The summed E-state index contributed by atoms with van der Waals surface area (Å²) in [5.41, 5.74) is 5.05. The Morgan fingerprint density at radius 1 is 0.957 bits per heavy atom. The van der Waals surface area contributed by atoms with Crippen molar-refractivity contribution in [2.24, 2.45) is 0 Å². The van der Waals surface area contributed by atoms with Crippen molar-refractivity contribution >= 4 is 11.2 Å². The molecule has 2 heterocycles. The largest absolute Gasteiger partial charge is 0.308 e. The number of nitrogens with zero attached hydrogens (tertiary/aromatic N) is 3. The molecule has 0 fully saturated rings. The van der Waals surface area contributed by atoms with Gasteiger partial charge in [-0.05, 0) is 35.7 Å². The summed E-state index contributed by atoms with van der Waals surface area (Å²) in [5, 5.41) is 0. The molecule has 0 aliphatic carbocycles. The highest BCUT2D eigenvalue weighted by molar-refractivity contribution is 5.71. The molecule has 23 heavy (non-hydrogen) atoms. The maximum absolute atomic E-state index is 8.02. The van der Waals surface area contributed by atoms with Gasteiger partial charge in [-0.3, -0.25) is 0 Å². The fourth-order valence-electron chi connectivity index (χ4n) is 2.81. The van der Waals surface area contributed by atoms with E-state index in [0.717, 1.165) is 34.7 Å². The van der Waals surface area contributed by atoms with Gasteiger partial charge in [-0.2, -0.15) is 0 Å². The monoisotopic (exact) mass is 300 g/mol. The lowest BCUT2D eigenvalue weighted by Gasteiger charge is -2.08. The van der Waals surface area contributed by atoms with Crippen LogP contribution >= 0.6 is 0 Å². The van der Waals surface area contributed by atoms with Gasteiger partial charge in [-0.1, -0.05) is 54.6 Å². The average molecular weight is 300 g/mol. The lowest BCUT2D eigenvalue weighted by atomic mass is 10.0. The second kappa shape index (κ2) is 5.69. The number of imidazole rings is 1. The fourth-order valence-corrected chi connectivity index (χ4v) is 2.81. The Kier molecular flexibility index (Phi) is 3.11. The van der Waals surface area contributed by atoms with E-state index in [9.17, 15) is 0 Å². The van der Waals surface area contributed by atoms with Gasteiger partial charge < -0.3 is 4.57 Å². The molecule has 0 spiro atoms. The van der Waals surface area contributed by atoms with E-state index in [0.29, 0.717) is 6.04 Å². The predicted molar refractivity (Wildman–Crippen MR) is 93.2 cm³/mol. The summed E-state index contributed by atoms with van der Waals surface area (Å²) in [7, 11) is 0. The van der Waals surface area contributed by atoms with Crippen molar-refractivity contribution in [2.75, 3.05) is 0 Å². The highest BCUT2D eigenvalue weighted by Crippen LogP contribution is 2.21. The molecule has 0 aliphatic rings. The van der Waals surface area contributed by atoms with E-state index in [4.69, 9.17) is 1.37 Å². The van der Waals surface area contributed by atoms with Crippen LogP contribution in [0.4, 0.5) is 0 Å². The van der Waals surface area contributed by atoms with Crippen molar-refractivity contribution in [3.8, 4) is 11.1 Å². The molecule has 0 atom stereocenters. The summed E-state index contributed by atoms with van der Waals surface area (Å²) < 4.78 is 10.1. The SMILES string of the molecule is [2H]c1ccccc1-c1ccc(Cn2c(C)nc3cccnc32)cc1. The zero-order valence-corrected chi connectivity index (χ0v) is 12.9. The average Bonchev–Trinajstić information content (AvgIpc) is 2.92. The second-order valence-electron chi connectivity index (χ2n) is 5.56. The molecule has 4 aromatic rings. The van der Waals surface area contributed by atoms with Gasteiger partial charge in [-0.25, -0.2) is 9.97 Å². The third-order valence-electron chi connectivity index (χ3n) is 4.01. The minimum Gasteiger partial charge on any atom is -0.308 e.